The van der Waals surface area contributed by atoms with Gasteiger partial charge in [0.15, 0.2) is 5.69 Å². The third-order valence-electron chi connectivity index (χ3n) is 4.67. The molecule has 5 nitrogen and oxygen atoms in total. The molecule has 1 aliphatic heterocycles. The van der Waals surface area contributed by atoms with Crippen LogP contribution in [0, 0.1) is 0 Å². The molecule has 1 N–H and O–H groups in total. The van der Waals surface area contributed by atoms with Crippen molar-refractivity contribution in [2.24, 2.45) is 7.05 Å². The summed E-state index contributed by atoms with van der Waals surface area (Å²) in [6.07, 6.45) is -2.59. The smallest absolute Gasteiger partial charge is 0.348 e. The average molecular weight is 366 g/mol. The van der Waals surface area contributed by atoms with E-state index in [2.05, 4.69) is 15.3 Å². The van der Waals surface area contributed by atoms with Gasteiger partial charge in [-0.25, -0.2) is 0 Å². The quantitative estimate of drug-likeness (QED) is 0.909. The Morgan fingerprint density at radius 1 is 1.15 bits per heavy atom. The Balaban J connectivity index is 1.73. The van der Waals surface area contributed by atoms with Gasteiger partial charge in [-0.2, -0.15) is 18.3 Å². The molecule has 0 bridgehead atoms. The molecule has 1 amide bonds. The van der Waals surface area contributed by atoms with Crippen LogP contribution in [0.3, 0.4) is 0 Å². The van der Waals surface area contributed by atoms with Crippen molar-refractivity contribution in [3.8, 4) is 11.3 Å². The molecule has 26 heavy (non-hydrogen) atoms. The van der Waals surface area contributed by atoms with E-state index in [-0.39, 0.29) is 17.6 Å². The monoisotopic (exact) mass is 366 g/mol. The molecular weight excluding hydrogens is 345 g/mol. The standard InChI is InChI=1S/C18H21F3N4O/c1-24-9-7-14(8-10-24)22-17(26)15-11-16(25(2)23-15)12-3-5-13(6-4-12)18(19,20)21/h3-6,11,14H,7-10H2,1-2H3,(H,22,26). The summed E-state index contributed by atoms with van der Waals surface area (Å²) in [7, 11) is 3.71. The van der Waals surface area contributed by atoms with Gasteiger partial charge in [-0.1, -0.05) is 12.1 Å². The maximum Gasteiger partial charge on any atom is 0.416 e. The van der Waals surface area contributed by atoms with Crippen LogP contribution in [-0.4, -0.2) is 46.8 Å². The number of rotatable bonds is 3. The van der Waals surface area contributed by atoms with E-state index in [0.717, 1.165) is 38.1 Å². The number of hydrogen-bond donors (Lipinski definition) is 1. The van der Waals surface area contributed by atoms with Crippen molar-refractivity contribution >= 4 is 5.91 Å². The predicted molar refractivity (Wildman–Crippen MR) is 91.6 cm³/mol. The average Bonchev–Trinajstić information content (AvgIpc) is 2.98. The third kappa shape index (κ3) is 4.07. The van der Waals surface area contributed by atoms with Gasteiger partial charge in [0.25, 0.3) is 5.91 Å². The zero-order valence-electron chi connectivity index (χ0n) is 14.7. The summed E-state index contributed by atoms with van der Waals surface area (Å²) in [6.45, 7) is 1.87. The van der Waals surface area contributed by atoms with Crippen LogP contribution < -0.4 is 5.32 Å². The Hall–Kier alpha value is -2.35. The van der Waals surface area contributed by atoms with Gasteiger partial charge in [-0.15, -0.1) is 0 Å². The van der Waals surface area contributed by atoms with E-state index >= 15 is 0 Å². The maximum absolute atomic E-state index is 12.7. The van der Waals surface area contributed by atoms with Crippen LogP contribution in [0.1, 0.15) is 28.9 Å². The second kappa shape index (κ2) is 7.11. The fraction of sp³-hybridized carbons (Fsp3) is 0.444. The molecule has 0 aliphatic carbocycles. The first-order chi connectivity index (χ1) is 12.2. The summed E-state index contributed by atoms with van der Waals surface area (Å²) in [5, 5.41) is 7.20. The van der Waals surface area contributed by atoms with E-state index in [1.54, 1.807) is 13.1 Å². The molecule has 1 fully saturated rings. The van der Waals surface area contributed by atoms with Crippen molar-refractivity contribution in [3.05, 3.63) is 41.6 Å². The van der Waals surface area contributed by atoms with Gasteiger partial charge in [0.1, 0.15) is 0 Å². The zero-order chi connectivity index (χ0) is 18.9. The van der Waals surface area contributed by atoms with Crippen LogP contribution in [0.25, 0.3) is 11.3 Å². The molecule has 3 rings (SSSR count). The minimum absolute atomic E-state index is 0.121. The number of halogens is 3. The minimum atomic E-state index is -4.37. The molecule has 1 aromatic carbocycles. The fourth-order valence-electron chi connectivity index (χ4n) is 3.09. The first kappa shape index (κ1) is 18.4. The van der Waals surface area contributed by atoms with Crippen LogP contribution >= 0.6 is 0 Å². The van der Waals surface area contributed by atoms with Crippen LogP contribution in [0.2, 0.25) is 0 Å². The van der Waals surface area contributed by atoms with Crippen LogP contribution in [0.15, 0.2) is 30.3 Å². The number of likely N-dealkylation sites (tertiary alicyclic amines) is 1. The summed E-state index contributed by atoms with van der Waals surface area (Å²) in [5.41, 5.74) is 0.726. The Morgan fingerprint density at radius 3 is 2.35 bits per heavy atom. The summed E-state index contributed by atoms with van der Waals surface area (Å²) in [4.78, 5) is 14.6. The van der Waals surface area contributed by atoms with E-state index < -0.39 is 11.7 Å². The molecule has 0 radical (unpaired) electrons. The molecule has 0 saturated carbocycles. The Morgan fingerprint density at radius 2 is 1.77 bits per heavy atom. The van der Waals surface area contributed by atoms with E-state index in [0.29, 0.717) is 11.3 Å². The fourth-order valence-corrected chi connectivity index (χ4v) is 3.09. The zero-order valence-corrected chi connectivity index (χ0v) is 14.7. The number of aryl methyl sites for hydroxylation is 1. The van der Waals surface area contributed by atoms with E-state index in [1.165, 1.54) is 16.8 Å². The molecule has 1 saturated heterocycles. The number of nitrogens with one attached hydrogen (secondary N) is 1. The molecule has 1 aromatic heterocycles. The lowest BCUT2D eigenvalue weighted by Crippen LogP contribution is -2.43. The van der Waals surface area contributed by atoms with Crippen LogP contribution in [0.4, 0.5) is 13.2 Å². The number of benzene rings is 1. The van der Waals surface area contributed by atoms with Gasteiger partial charge in [0, 0.05) is 13.1 Å². The van der Waals surface area contributed by atoms with E-state index in [1.807, 2.05) is 7.05 Å². The predicted octanol–water partition coefficient (Wildman–Crippen LogP) is 2.93. The van der Waals surface area contributed by atoms with Crippen molar-refractivity contribution in [2.45, 2.75) is 25.1 Å². The summed E-state index contributed by atoms with van der Waals surface area (Å²) in [6, 6.07) is 6.56. The number of nitrogens with zero attached hydrogens (tertiary/aromatic N) is 3. The molecule has 140 valence electrons. The number of hydrogen-bond acceptors (Lipinski definition) is 3. The number of piperidine rings is 1. The van der Waals surface area contributed by atoms with E-state index in [9.17, 15) is 18.0 Å². The number of carbonyl (C=O) groups excluding carboxylic acids is 1. The first-order valence-electron chi connectivity index (χ1n) is 8.45. The number of aromatic nitrogens is 2. The first-order valence-corrected chi connectivity index (χ1v) is 8.45. The molecular formula is C18H21F3N4O. The number of amides is 1. The van der Waals surface area contributed by atoms with Gasteiger partial charge < -0.3 is 10.2 Å². The molecule has 2 heterocycles. The lowest BCUT2D eigenvalue weighted by molar-refractivity contribution is -0.137. The Bertz CT molecular complexity index is 775. The minimum Gasteiger partial charge on any atom is -0.348 e. The molecule has 2 aromatic rings. The van der Waals surface area contributed by atoms with Gasteiger partial charge in [-0.3, -0.25) is 9.48 Å². The van der Waals surface area contributed by atoms with Gasteiger partial charge in [-0.05, 0) is 56.7 Å². The van der Waals surface area contributed by atoms with Crippen LogP contribution in [-0.2, 0) is 13.2 Å². The molecule has 0 atom stereocenters. The molecule has 8 heteroatoms. The molecule has 0 spiro atoms. The SMILES string of the molecule is CN1CCC(NC(=O)c2cc(-c3ccc(C(F)(F)F)cc3)n(C)n2)CC1. The van der Waals surface area contributed by atoms with Gasteiger partial charge in [0.05, 0.1) is 11.3 Å². The third-order valence-corrected chi connectivity index (χ3v) is 4.67. The van der Waals surface area contributed by atoms with Crippen molar-refractivity contribution in [2.75, 3.05) is 20.1 Å². The topological polar surface area (TPSA) is 50.2 Å². The van der Waals surface area contributed by atoms with Crippen molar-refractivity contribution in [1.82, 2.24) is 20.0 Å². The highest BCUT2D eigenvalue weighted by atomic mass is 19.4. The Labute approximate surface area is 149 Å². The molecule has 0 unspecified atom stereocenters. The highest BCUT2D eigenvalue weighted by Crippen LogP contribution is 2.31. The normalized spacial score (nSPS) is 16.7. The number of alkyl halides is 3. The summed E-state index contributed by atoms with van der Waals surface area (Å²) in [5.74, 6) is -0.256. The Kier molecular flexibility index (Phi) is 5.04. The van der Waals surface area contributed by atoms with Crippen LogP contribution in [0.5, 0.6) is 0 Å². The van der Waals surface area contributed by atoms with E-state index in [4.69, 9.17) is 0 Å². The summed E-state index contributed by atoms with van der Waals surface area (Å²) < 4.78 is 39.6. The molecule has 1 aliphatic rings. The lowest BCUT2D eigenvalue weighted by atomic mass is 10.1. The summed E-state index contributed by atoms with van der Waals surface area (Å²) >= 11 is 0. The largest absolute Gasteiger partial charge is 0.416 e. The van der Waals surface area contributed by atoms with Crippen molar-refractivity contribution in [3.63, 3.8) is 0 Å². The number of carbonyl (C=O) groups is 1. The second-order valence-electron chi connectivity index (χ2n) is 6.66. The van der Waals surface area contributed by atoms with Gasteiger partial charge >= 0.3 is 6.18 Å². The van der Waals surface area contributed by atoms with Gasteiger partial charge in [0.2, 0.25) is 0 Å². The van der Waals surface area contributed by atoms with Crippen molar-refractivity contribution < 1.29 is 18.0 Å². The highest BCUT2D eigenvalue weighted by Gasteiger charge is 2.30. The van der Waals surface area contributed by atoms with Crippen molar-refractivity contribution in [1.29, 1.82) is 0 Å². The second-order valence-corrected chi connectivity index (χ2v) is 6.66. The highest BCUT2D eigenvalue weighted by molar-refractivity contribution is 5.93. The maximum atomic E-state index is 12.7. The lowest BCUT2D eigenvalue weighted by Gasteiger charge is -2.29.